The summed E-state index contributed by atoms with van der Waals surface area (Å²) in [7, 11) is 0. The highest BCUT2D eigenvalue weighted by molar-refractivity contribution is 8.01. The summed E-state index contributed by atoms with van der Waals surface area (Å²) in [6, 6.07) is 5.44. The van der Waals surface area contributed by atoms with Gasteiger partial charge in [0.1, 0.15) is 5.82 Å². The first kappa shape index (κ1) is 20.2. The van der Waals surface area contributed by atoms with E-state index in [1.54, 1.807) is 11.8 Å². The van der Waals surface area contributed by atoms with Gasteiger partial charge in [-0.2, -0.15) is 0 Å². The van der Waals surface area contributed by atoms with E-state index in [0.29, 0.717) is 18.5 Å². The van der Waals surface area contributed by atoms with Gasteiger partial charge in [0.05, 0.1) is 16.9 Å². The SMILES string of the molecule is CC(SCC(=O)Nc1ccc(F)cc1)C(=O)N1CC(C(=O)O)CCC1C. The van der Waals surface area contributed by atoms with E-state index in [1.807, 2.05) is 6.92 Å². The predicted molar refractivity (Wildman–Crippen MR) is 98.5 cm³/mol. The molecule has 2 rings (SSSR count). The fourth-order valence-corrected chi connectivity index (χ4v) is 3.60. The zero-order valence-electron chi connectivity index (χ0n) is 14.8. The van der Waals surface area contributed by atoms with Gasteiger partial charge < -0.3 is 15.3 Å². The Hall–Kier alpha value is -2.09. The smallest absolute Gasteiger partial charge is 0.308 e. The van der Waals surface area contributed by atoms with Gasteiger partial charge in [-0.15, -0.1) is 11.8 Å². The average molecular weight is 382 g/mol. The molecular weight excluding hydrogens is 359 g/mol. The lowest BCUT2D eigenvalue weighted by Gasteiger charge is -2.37. The quantitative estimate of drug-likeness (QED) is 0.790. The Morgan fingerprint density at radius 2 is 1.96 bits per heavy atom. The second kappa shape index (κ2) is 9.02. The van der Waals surface area contributed by atoms with E-state index in [0.717, 1.165) is 0 Å². The molecule has 2 amide bonds. The number of halogens is 1. The van der Waals surface area contributed by atoms with Gasteiger partial charge in [-0.3, -0.25) is 14.4 Å². The molecule has 1 saturated heterocycles. The lowest BCUT2D eigenvalue weighted by molar-refractivity contribution is -0.146. The monoisotopic (exact) mass is 382 g/mol. The van der Waals surface area contributed by atoms with E-state index in [2.05, 4.69) is 5.32 Å². The topological polar surface area (TPSA) is 86.7 Å². The van der Waals surface area contributed by atoms with Crippen molar-refractivity contribution in [3.8, 4) is 0 Å². The number of nitrogens with zero attached hydrogens (tertiary/aromatic N) is 1. The molecule has 8 heteroatoms. The highest BCUT2D eigenvalue weighted by Gasteiger charge is 2.34. The summed E-state index contributed by atoms with van der Waals surface area (Å²) >= 11 is 1.20. The normalized spacial score (nSPS) is 21.1. The number of carboxylic acids is 1. The Morgan fingerprint density at radius 3 is 2.58 bits per heavy atom. The van der Waals surface area contributed by atoms with Crippen molar-refractivity contribution in [1.29, 1.82) is 0 Å². The molecule has 3 unspecified atom stereocenters. The lowest BCUT2D eigenvalue weighted by atomic mass is 9.93. The Morgan fingerprint density at radius 1 is 1.31 bits per heavy atom. The molecule has 1 fully saturated rings. The second-order valence-electron chi connectivity index (χ2n) is 6.46. The van der Waals surface area contributed by atoms with Crippen LogP contribution in [-0.2, 0) is 14.4 Å². The number of likely N-dealkylation sites (tertiary alicyclic amines) is 1. The molecule has 0 aliphatic carbocycles. The van der Waals surface area contributed by atoms with Crippen molar-refractivity contribution in [2.45, 2.75) is 38.0 Å². The first-order valence-corrected chi connectivity index (χ1v) is 9.53. The van der Waals surface area contributed by atoms with Crippen molar-refractivity contribution >= 4 is 35.2 Å². The molecule has 1 aromatic carbocycles. The number of carbonyl (C=O) groups is 3. The molecular formula is C18H23FN2O4S. The summed E-state index contributed by atoms with van der Waals surface area (Å²) in [6.07, 6.45) is 1.23. The van der Waals surface area contributed by atoms with Crippen molar-refractivity contribution in [2.75, 3.05) is 17.6 Å². The third kappa shape index (κ3) is 5.45. The number of thioether (sulfide) groups is 1. The molecule has 2 N–H and O–H groups in total. The maximum Gasteiger partial charge on any atom is 0.308 e. The molecule has 0 spiro atoms. The average Bonchev–Trinajstić information content (AvgIpc) is 2.61. The first-order valence-electron chi connectivity index (χ1n) is 8.48. The van der Waals surface area contributed by atoms with Crippen LogP contribution in [0, 0.1) is 11.7 Å². The summed E-state index contributed by atoms with van der Waals surface area (Å²) in [5.41, 5.74) is 0.491. The molecule has 1 aromatic rings. The molecule has 26 heavy (non-hydrogen) atoms. The van der Waals surface area contributed by atoms with Gasteiger partial charge in [-0.1, -0.05) is 0 Å². The molecule has 0 aromatic heterocycles. The molecule has 3 atom stereocenters. The number of nitrogens with one attached hydrogen (secondary N) is 1. The number of carbonyl (C=O) groups excluding carboxylic acids is 2. The van der Waals surface area contributed by atoms with Gasteiger partial charge in [0.25, 0.3) is 0 Å². The number of carboxylic acid groups (broad SMARTS) is 1. The first-order chi connectivity index (χ1) is 12.3. The fourth-order valence-electron chi connectivity index (χ4n) is 2.85. The van der Waals surface area contributed by atoms with Crippen LogP contribution < -0.4 is 5.32 Å². The van der Waals surface area contributed by atoms with E-state index in [9.17, 15) is 23.9 Å². The van der Waals surface area contributed by atoms with Crippen molar-refractivity contribution < 1.29 is 23.9 Å². The number of amides is 2. The molecule has 0 bridgehead atoms. The number of rotatable bonds is 6. The van der Waals surface area contributed by atoms with Gasteiger partial charge in [-0.05, 0) is 51.0 Å². The lowest BCUT2D eigenvalue weighted by Crippen LogP contribution is -2.49. The van der Waals surface area contributed by atoms with Crippen LogP contribution in [0.5, 0.6) is 0 Å². The summed E-state index contributed by atoms with van der Waals surface area (Å²) in [5, 5.41) is 11.4. The van der Waals surface area contributed by atoms with Crippen LogP contribution in [0.1, 0.15) is 26.7 Å². The number of hydrogen-bond acceptors (Lipinski definition) is 4. The zero-order chi connectivity index (χ0) is 19.3. The van der Waals surface area contributed by atoms with Gasteiger partial charge in [0.2, 0.25) is 11.8 Å². The molecule has 1 aliphatic heterocycles. The van der Waals surface area contributed by atoms with E-state index in [4.69, 9.17) is 0 Å². The third-order valence-corrected chi connectivity index (χ3v) is 5.59. The van der Waals surface area contributed by atoms with Gasteiger partial charge in [-0.25, -0.2) is 4.39 Å². The zero-order valence-corrected chi connectivity index (χ0v) is 15.6. The van der Waals surface area contributed by atoms with Crippen LogP contribution in [0.15, 0.2) is 24.3 Å². The maximum atomic E-state index is 12.9. The molecule has 0 saturated carbocycles. The fraction of sp³-hybridized carbons (Fsp3) is 0.500. The number of benzene rings is 1. The third-order valence-electron chi connectivity index (χ3n) is 4.45. The highest BCUT2D eigenvalue weighted by Crippen LogP contribution is 2.25. The minimum Gasteiger partial charge on any atom is -0.481 e. The van der Waals surface area contributed by atoms with Crippen LogP contribution in [0.3, 0.4) is 0 Å². The molecule has 6 nitrogen and oxygen atoms in total. The summed E-state index contributed by atoms with van der Waals surface area (Å²) in [5.74, 6) is -2.15. The minimum absolute atomic E-state index is 0.00538. The highest BCUT2D eigenvalue weighted by atomic mass is 32.2. The van der Waals surface area contributed by atoms with E-state index in [-0.39, 0.29) is 36.0 Å². The summed E-state index contributed by atoms with van der Waals surface area (Å²) < 4.78 is 12.9. The number of hydrogen-bond donors (Lipinski definition) is 2. The molecule has 142 valence electrons. The van der Waals surface area contributed by atoms with Crippen LogP contribution in [0.25, 0.3) is 0 Å². The Balaban J connectivity index is 1.84. The Labute approximate surface area is 156 Å². The Bertz CT molecular complexity index is 668. The minimum atomic E-state index is -0.881. The summed E-state index contributed by atoms with van der Waals surface area (Å²) in [4.78, 5) is 37.4. The van der Waals surface area contributed by atoms with Crippen molar-refractivity contribution in [1.82, 2.24) is 4.90 Å². The predicted octanol–water partition coefficient (Wildman–Crippen LogP) is 2.60. The molecule has 1 heterocycles. The van der Waals surface area contributed by atoms with E-state index < -0.39 is 17.1 Å². The van der Waals surface area contributed by atoms with Crippen LogP contribution in [0.2, 0.25) is 0 Å². The molecule has 0 radical (unpaired) electrons. The van der Waals surface area contributed by atoms with Crippen molar-refractivity contribution in [2.24, 2.45) is 5.92 Å². The second-order valence-corrected chi connectivity index (χ2v) is 7.79. The maximum absolute atomic E-state index is 12.9. The van der Waals surface area contributed by atoms with Crippen LogP contribution >= 0.6 is 11.8 Å². The van der Waals surface area contributed by atoms with Gasteiger partial charge in [0.15, 0.2) is 0 Å². The molecule has 1 aliphatic rings. The number of anilines is 1. The summed E-state index contributed by atoms with van der Waals surface area (Å²) in [6.45, 7) is 3.84. The van der Waals surface area contributed by atoms with E-state index in [1.165, 1.54) is 36.0 Å². The number of piperidine rings is 1. The Kier molecular flexibility index (Phi) is 7.02. The standard InChI is InChI=1S/C18H23FN2O4S/c1-11-3-4-13(18(24)25)9-21(11)17(23)12(2)26-10-16(22)20-15-7-5-14(19)6-8-15/h5-8,11-13H,3-4,9-10H2,1-2H3,(H,20,22)(H,24,25). The van der Waals surface area contributed by atoms with Gasteiger partial charge in [0, 0.05) is 18.3 Å². The largest absolute Gasteiger partial charge is 0.481 e. The van der Waals surface area contributed by atoms with E-state index >= 15 is 0 Å². The van der Waals surface area contributed by atoms with Gasteiger partial charge >= 0.3 is 5.97 Å². The van der Waals surface area contributed by atoms with Crippen LogP contribution in [-0.4, -0.2) is 51.4 Å². The van der Waals surface area contributed by atoms with Crippen LogP contribution in [0.4, 0.5) is 10.1 Å². The van der Waals surface area contributed by atoms with Crippen molar-refractivity contribution in [3.05, 3.63) is 30.1 Å². The number of aliphatic carboxylic acids is 1. The van der Waals surface area contributed by atoms with Crippen molar-refractivity contribution in [3.63, 3.8) is 0 Å².